The monoisotopic (exact) mass is 152 g/mol. The van der Waals surface area contributed by atoms with Crippen LogP contribution in [-0.4, -0.2) is 11.2 Å². The smallest absolute Gasteiger partial charge is 0.0568 e. The fourth-order valence-electron chi connectivity index (χ4n) is 1.30. The summed E-state index contributed by atoms with van der Waals surface area (Å²) in [6, 6.07) is 0. The third kappa shape index (κ3) is 3.43. The molecule has 1 rings (SSSR count). The first-order chi connectivity index (χ1) is 5.34. The van der Waals surface area contributed by atoms with Gasteiger partial charge in [0, 0.05) is 6.42 Å². The third-order valence-corrected chi connectivity index (χ3v) is 2.24. The molecule has 1 unspecified atom stereocenters. The van der Waals surface area contributed by atoms with Crippen LogP contribution in [0.3, 0.4) is 0 Å². The van der Waals surface area contributed by atoms with Gasteiger partial charge >= 0.3 is 0 Å². The van der Waals surface area contributed by atoms with Crippen LogP contribution in [0.15, 0.2) is 0 Å². The normalized spacial score (nSPS) is 19.3. The molecule has 0 aromatic carbocycles. The van der Waals surface area contributed by atoms with Crippen LogP contribution < -0.4 is 0 Å². The molecule has 0 amide bonds. The highest BCUT2D eigenvalue weighted by Gasteiger charge is 2.28. The van der Waals surface area contributed by atoms with Crippen LogP contribution in [0.1, 0.15) is 38.5 Å². The topological polar surface area (TPSA) is 20.2 Å². The van der Waals surface area contributed by atoms with E-state index >= 15 is 0 Å². The number of hydrogen-bond donors (Lipinski definition) is 1. The summed E-state index contributed by atoms with van der Waals surface area (Å²) < 4.78 is 0. The first-order valence-corrected chi connectivity index (χ1v) is 4.46. The maximum atomic E-state index is 9.44. The molecule has 1 nitrogen and oxygen atoms in total. The van der Waals surface area contributed by atoms with E-state index in [1.807, 2.05) is 0 Å². The Kier molecular flexibility index (Phi) is 3.45. The molecule has 0 bridgehead atoms. The largest absolute Gasteiger partial charge is 0.393 e. The van der Waals surface area contributed by atoms with Gasteiger partial charge in [-0.3, -0.25) is 0 Å². The Morgan fingerprint density at radius 3 is 2.73 bits per heavy atom. The average Bonchev–Trinajstić information content (AvgIpc) is 2.79. The van der Waals surface area contributed by atoms with Crippen LogP contribution in [0.5, 0.6) is 0 Å². The van der Waals surface area contributed by atoms with Gasteiger partial charge in [0.2, 0.25) is 0 Å². The molecule has 0 aromatic heterocycles. The third-order valence-electron chi connectivity index (χ3n) is 2.24. The second-order valence-corrected chi connectivity index (χ2v) is 3.35. The highest BCUT2D eigenvalue weighted by molar-refractivity contribution is 4.84. The molecule has 62 valence electrons. The summed E-state index contributed by atoms with van der Waals surface area (Å²) in [6.45, 7) is 0. The first kappa shape index (κ1) is 8.62. The van der Waals surface area contributed by atoms with E-state index in [0.717, 1.165) is 25.7 Å². The minimum absolute atomic E-state index is 0.0345. The predicted octanol–water partition coefficient (Wildman–Crippen LogP) is 1.95. The first-order valence-electron chi connectivity index (χ1n) is 4.46. The van der Waals surface area contributed by atoms with Gasteiger partial charge in [-0.05, 0) is 38.0 Å². The van der Waals surface area contributed by atoms with Gasteiger partial charge in [0.1, 0.15) is 0 Å². The average molecular weight is 152 g/mol. The molecule has 1 fully saturated rings. The molecule has 1 aliphatic carbocycles. The van der Waals surface area contributed by atoms with E-state index in [4.69, 9.17) is 6.42 Å². The van der Waals surface area contributed by atoms with Crippen molar-refractivity contribution >= 4 is 0 Å². The zero-order valence-electron chi connectivity index (χ0n) is 6.92. The molecular weight excluding hydrogens is 136 g/mol. The minimum atomic E-state index is -0.0345. The van der Waals surface area contributed by atoms with Crippen molar-refractivity contribution in [3.63, 3.8) is 0 Å². The highest BCUT2D eigenvalue weighted by atomic mass is 16.3. The van der Waals surface area contributed by atoms with Gasteiger partial charge < -0.3 is 5.11 Å². The Morgan fingerprint density at radius 2 is 2.18 bits per heavy atom. The molecule has 1 N–H and O–H groups in total. The van der Waals surface area contributed by atoms with Crippen LogP contribution in [0.25, 0.3) is 0 Å². The lowest BCUT2D eigenvalue weighted by Crippen LogP contribution is -2.08. The molecule has 0 saturated heterocycles. The molecular formula is C10H16O. The van der Waals surface area contributed by atoms with E-state index in [1.165, 1.54) is 12.8 Å². The Labute approximate surface area is 68.8 Å². The summed E-state index contributed by atoms with van der Waals surface area (Å²) in [5.41, 5.74) is 0. The number of rotatable bonds is 5. The van der Waals surface area contributed by atoms with Crippen molar-refractivity contribution in [3.05, 3.63) is 0 Å². The summed E-state index contributed by atoms with van der Waals surface area (Å²) in [6.07, 6.45) is 11.5. The fourth-order valence-corrected chi connectivity index (χ4v) is 1.30. The maximum absolute atomic E-state index is 9.44. The summed E-state index contributed by atoms with van der Waals surface area (Å²) in [5, 5.41) is 9.44. The molecule has 0 heterocycles. The summed E-state index contributed by atoms with van der Waals surface area (Å²) in [5.74, 6) is 3.23. The van der Waals surface area contributed by atoms with Crippen molar-refractivity contribution in [2.24, 2.45) is 5.92 Å². The van der Waals surface area contributed by atoms with Gasteiger partial charge in [-0.25, -0.2) is 0 Å². The van der Waals surface area contributed by atoms with Crippen LogP contribution in [-0.2, 0) is 0 Å². The highest BCUT2D eigenvalue weighted by Crippen LogP contribution is 2.34. The number of aliphatic hydroxyl groups is 1. The van der Waals surface area contributed by atoms with Crippen LogP contribution in [0.4, 0.5) is 0 Å². The van der Waals surface area contributed by atoms with Crippen LogP contribution in [0, 0.1) is 18.3 Å². The van der Waals surface area contributed by atoms with Crippen LogP contribution >= 0.6 is 0 Å². The van der Waals surface area contributed by atoms with Gasteiger partial charge in [0.25, 0.3) is 0 Å². The zero-order chi connectivity index (χ0) is 8.10. The van der Waals surface area contributed by atoms with Crippen molar-refractivity contribution in [1.29, 1.82) is 0 Å². The summed E-state index contributed by atoms with van der Waals surface area (Å²) >= 11 is 0. The summed E-state index contributed by atoms with van der Waals surface area (Å²) in [7, 11) is 0. The van der Waals surface area contributed by atoms with Crippen molar-refractivity contribution in [2.45, 2.75) is 44.6 Å². The van der Waals surface area contributed by atoms with Crippen molar-refractivity contribution in [2.75, 3.05) is 0 Å². The molecule has 1 heteroatoms. The lowest BCUT2D eigenvalue weighted by Gasteiger charge is -2.06. The molecule has 1 atom stereocenters. The van der Waals surface area contributed by atoms with Crippen molar-refractivity contribution in [1.82, 2.24) is 0 Å². The predicted molar refractivity (Wildman–Crippen MR) is 46.0 cm³/mol. The molecule has 0 aromatic rings. The molecule has 1 aliphatic rings. The molecule has 0 spiro atoms. The lowest BCUT2D eigenvalue weighted by molar-refractivity contribution is 0.138. The molecule has 0 aliphatic heterocycles. The number of unbranched alkanes of at least 4 members (excludes halogenated alkanes) is 2. The molecule has 11 heavy (non-hydrogen) atoms. The second-order valence-electron chi connectivity index (χ2n) is 3.35. The van der Waals surface area contributed by atoms with Gasteiger partial charge in [-0.1, -0.05) is 0 Å². The zero-order valence-corrected chi connectivity index (χ0v) is 6.92. The number of hydrogen-bond acceptors (Lipinski definition) is 1. The summed E-state index contributed by atoms with van der Waals surface area (Å²) in [4.78, 5) is 0. The standard InChI is InChI=1S/C10H16O/c1-2-3-4-5-6-10(11)9-7-8-9/h1,9-11H,3-8H2. The van der Waals surface area contributed by atoms with Gasteiger partial charge in [0.05, 0.1) is 6.10 Å². The molecule has 0 radical (unpaired) electrons. The van der Waals surface area contributed by atoms with Crippen molar-refractivity contribution < 1.29 is 5.11 Å². The van der Waals surface area contributed by atoms with E-state index in [-0.39, 0.29) is 6.10 Å². The van der Waals surface area contributed by atoms with E-state index in [2.05, 4.69) is 5.92 Å². The van der Waals surface area contributed by atoms with Crippen LogP contribution in [0.2, 0.25) is 0 Å². The number of terminal acetylenes is 1. The Hall–Kier alpha value is -0.480. The van der Waals surface area contributed by atoms with E-state index in [1.54, 1.807) is 0 Å². The lowest BCUT2D eigenvalue weighted by atomic mass is 10.1. The van der Waals surface area contributed by atoms with Gasteiger partial charge in [0.15, 0.2) is 0 Å². The maximum Gasteiger partial charge on any atom is 0.0568 e. The van der Waals surface area contributed by atoms with E-state index in [9.17, 15) is 5.11 Å². The van der Waals surface area contributed by atoms with Gasteiger partial charge in [-0.15, -0.1) is 12.3 Å². The Morgan fingerprint density at radius 1 is 1.45 bits per heavy atom. The molecule has 1 saturated carbocycles. The SMILES string of the molecule is C#CCCCCC(O)C1CC1. The van der Waals surface area contributed by atoms with E-state index in [0.29, 0.717) is 5.92 Å². The van der Waals surface area contributed by atoms with E-state index < -0.39 is 0 Å². The van der Waals surface area contributed by atoms with Crippen molar-refractivity contribution in [3.8, 4) is 12.3 Å². The Balaban J connectivity index is 1.90. The van der Waals surface area contributed by atoms with Gasteiger partial charge in [-0.2, -0.15) is 0 Å². The second kappa shape index (κ2) is 4.41. The number of aliphatic hydroxyl groups excluding tert-OH is 1. The minimum Gasteiger partial charge on any atom is -0.393 e. The quantitative estimate of drug-likeness (QED) is 0.471. The fraction of sp³-hybridized carbons (Fsp3) is 0.800. The Bertz CT molecular complexity index is 141.